The lowest BCUT2D eigenvalue weighted by Gasteiger charge is -2.12. The van der Waals surface area contributed by atoms with Crippen LogP contribution in [0, 0.1) is 30.2 Å². The van der Waals surface area contributed by atoms with Gasteiger partial charge in [0.05, 0.1) is 22.5 Å². The van der Waals surface area contributed by atoms with Gasteiger partial charge in [0.25, 0.3) is 5.91 Å². The van der Waals surface area contributed by atoms with Crippen molar-refractivity contribution in [2.75, 3.05) is 5.32 Å². The number of carbonyl (C=O) groups is 1. The molecule has 0 spiro atoms. The molecular weight excluding hydrogens is 400 g/mol. The highest BCUT2D eigenvalue weighted by Gasteiger charge is 2.23. The summed E-state index contributed by atoms with van der Waals surface area (Å²) in [5.74, 6) is -7.56. The molecule has 4 aromatic rings. The molecule has 0 saturated carbocycles. The molecule has 2 heterocycles. The molecule has 0 bridgehead atoms. The Labute approximate surface area is 168 Å². The Kier molecular flexibility index (Phi) is 4.73. The molecule has 5 nitrogen and oxygen atoms in total. The van der Waals surface area contributed by atoms with E-state index in [1.54, 1.807) is 49.1 Å². The Morgan fingerprint density at radius 1 is 1.03 bits per heavy atom. The van der Waals surface area contributed by atoms with E-state index in [2.05, 4.69) is 10.1 Å². The van der Waals surface area contributed by atoms with E-state index in [0.29, 0.717) is 27.9 Å². The molecule has 0 aliphatic carbocycles. The van der Waals surface area contributed by atoms with Gasteiger partial charge in [0.1, 0.15) is 5.69 Å². The molecule has 30 heavy (non-hydrogen) atoms. The number of nitrogens with zero attached hydrogens (tertiary/aromatic N) is 3. The Hall–Kier alpha value is -3.75. The summed E-state index contributed by atoms with van der Waals surface area (Å²) < 4.78 is 56.6. The molecule has 1 N–H and O–H groups in total. The molecule has 4 rings (SSSR count). The number of fused-ring (bicyclic) bond motifs is 1. The maximum atomic E-state index is 14.0. The summed E-state index contributed by atoms with van der Waals surface area (Å²) >= 11 is 0. The zero-order valence-corrected chi connectivity index (χ0v) is 15.8. The lowest BCUT2D eigenvalue weighted by Crippen LogP contribution is -2.16. The van der Waals surface area contributed by atoms with Gasteiger partial charge in [0.2, 0.25) is 0 Å². The molecule has 0 fully saturated rings. The van der Waals surface area contributed by atoms with Gasteiger partial charge in [0.15, 0.2) is 23.3 Å². The highest BCUT2D eigenvalue weighted by Crippen LogP contribution is 2.29. The smallest absolute Gasteiger partial charge is 0.256 e. The number of benzene rings is 2. The summed E-state index contributed by atoms with van der Waals surface area (Å²) in [6.45, 7) is 1.77. The van der Waals surface area contributed by atoms with Gasteiger partial charge in [-0.25, -0.2) is 22.5 Å². The third-order valence-electron chi connectivity index (χ3n) is 4.60. The molecule has 2 aromatic carbocycles. The predicted molar refractivity (Wildman–Crippen MR) is 103 cm³/mol. The van der Waals surface area contributed by atoms with Crippen LogP contribution in [-0.2, 0) is 7.05 Å². The van der Waals surface area contributed by atoms with Crippen LogP contribution in [0.15, 0.2) is 42.6 Å². The van der Waals surface area contributed by atoms with Crippen LogP contribution in [0.1, 0.15) is 16.1 Å². The van der Waals surface area contributed by atoms with Crippen molar-refractivity contribution in [3.63, 3.8) is 0 Å². The minimum Gasteiger partial charge on any atom is -0.317 e. The molecule has 9 heteroatoms. The number of aromatic nitrogens is 3. The zero-order chi connectivity index (χ0) is 21.6. The quantitative estimate of drug-likeness (QED) is 0.389. The van der Waals surface area contributed by atoms with E-state index in [1.165, 1.54) is 6.07 Å². The number of amides is 1. The van der Waals surface area contributed by atoms with Gasteiger partial charge in [-0.2, -0.15) is 5.10 Å². The van der Waals surface area contributed by atoms with Crippen molar-refractivity contribution < 1.29 is 22.4 Å². The lowest BCUT2D eigenvalue weighted by molar-refractivity contribution is 0.102. The topological polar surface area (TPSA) is 59.8 Å². The van der Waals surface area contributed by atoms with Crippen LogP contribution in [-0.4, -0.2) is 20.7 Å². The van der Waals surface area contributed by atoms with Gasteiger partial charge in [-0.1, -0.05) is 18.2 Å². The van der Waals surface area contributed by atoms with Crippen molar-refractivity contribution >= 4 is 22.5 Å². The number of rotatable bonds is 3. The van der Waals surface area contributed by atoms with E-state index in [9.17, 15) is 22.4 Å². The summed E-state index contributed by atoms with van der Waals surface area (Å²) in [7, 11) is 1.73. The van der Waals surface area contributed by atoms with E-state index in [1.807, 2.05) is 5.32 Å². The molecular formula is C21H14F4N4O. The van der Waals surface area contributed by atoms with E-state index in [-0.39, 0.29) is 11.6 Å². The fourth-order valence-electron chi connectivity index (χ4n) is 3.22. The van der Waals surface area contributed by atoms with Crippen LogP contribution in [0.4, 0.5) is 23.2 Å². The van der Waals surface area contributed by atoms with Crippen LogP contribution < -0.4 is 5.32 Å². The van der Waals surface area contributed by atoms with E-state index in [0.717, 1.165) is 0 Å². The Bertz CT molecular complexity index is 1290. The van der Waals surface area contributed by atoms with Crippen LogP contribution in [0.3, 0.4) is 0 Å². The molecule has 1 amide bonds. The summed E-state index contributed by atoms with van der Waals surface area (Å²) in [6.07, 6.45) is 1.72. The second-order valence-corrected chi connectivity index (χ2v) is 6.67. The summed E-state index contributed by atoms with van der Waals surface area (Å²) in [4.78, 5) is 17.4. The minimum absolute atomic E-state index is 0.0299. The Morgan fingerprint density at radius 3 is 2.33 bits per heavy atom. The number of carbonyl (C=O) groups excluding carboxylic acids is 1. The summed E-state index contributed by atoms with van der Waals surface area (Å²) in [5, 5.41) is 6.60. The maximum Gasteiger partial charge on any atom is 0.256 e. The fraction of sp³-hybridized carbons (Fsp3) is 0.0952. The Balaban J connectivity index is 1.86. The van der Waals surface area contributed by atoms with Gasteiger partial charge < -0.3 is 5.32 Å². The highest BCUT2D eigenvalue weighted by molar-refractivity contribution is 6.13. The number of hydrogen-bond acceptors (Lipinski definition) is 3. The van der Waals surface area contributed by atoms with E-state index < -0.39 is 34.9 Å². The van der Waals surface area contributed by atoms with Crippen molar-refractivity contribution in [1.82, 2.24) is 14.8 Å². The second kappa shape index (κ2) is 7.25. The number of anilines is 1. The van der Waals surface area contributed by atoms with Crippen LogP contribution in [0.5, 0.6) is 0 Å². The molecule has 0 aliphatic rings. The summed E-state index contributed by atoms with van der Waals surface area (Å²) in [6, 6.07) is 8.18. The van der Waals surface area contributed by atoms with Crippen LogP contribution in [0.25, 0.3) is 22.2 Å². The monoisotopic (exact) mass is 414 g/mol. The van der Waals surface area contributed by atoms with Crippen LogP contribution >= 0.6 is 0 Å². The molecule has 0 aliphatic heterocycles. The van der Waals surface area contributed by atoms with Crippen LogP contribution in [0.2, 0.25) is 0 Å². The first-order valence-electron chi connectivity index (χ1n) is 8.81. The van der Waals surface area contributed by atoms with E-state index in [4.69, 9.17) is 0 Å². The first-order valence-corrected chi connectivity index (χ1v) is 8.81. The van der Waals surface area contributed by atoms with Crippen molar-refractivity contribution in [3.8, 4) is 11.3 Å². The predicted octanol–water partition coefficient (Wildman–Crippen LogP) is 4.75. The molecule has 152 valence electrons. The number of hydrogen-bond donors (Lipinski definition) is 1. The average Bonchev–Trinajstić information content (AvgIpc) is 3.06. The van der Waals surface area contributed by atoms with Crippen molar-refractivity contribution in [3.05, 3.63) is 77.1 Å². The third-order valence-corrected chi connectivity index (χ3v) is 4.60. The molecule has 2 aromatic heterocycles. The lowest BCUT2D eigenvalue weighted by atomic mass is 10.0. The fourth-order valence-corrected chi connectivity index (χ4v) is 3.22. The number of para-hydroxylation sites is 1. The van der Waals surface area contributed by atoms with Crippen molar-refractivity contribution in [1.29, 1.82) is 0 Å². The van der Waals surface area contributed by atoms with Gasteiger partial charge in [-0.3, -0.25) is 9.48 Å². The number of nitrogens with one attached hydrogen (secondary N) is 1. The molecule has 0 saturated heterocycles. The van der Waals surface area contributed by atoms with Crippen molar-refractivity contribution in [2.45, 2.75) is 6.92 Å². The third kappa shape index (κ3) is 3.28. The normalized spacial score (nSPS) is 11.1. The number of aryl methyl sites for hydroxylation is 2. The zero-order valence-electron chi connectivity index (χ0n) is 15.8. The molecule has 0 atom stereocenters. The van der Waals surface area contributed by atoms with Gasteiger partial charge >= 0.3 is 0 Å². The molecule has 0 unspecified atom stereocenters. The second-order valence-electron chi connectivity index (χ2n) is 6.67. The Morgan fingerprint density at radius 2 is 1.70 bits per heavy atom. The van der Waals surface area contributed by atoms with Gasteiger partial charge in [-0.15, -0.1) is 0 Å². The van der Waals surface area contributed by atoms with Gasteiger partial charge in [-0.05, 0) is 19.1 Å². The summed E-state index contributed by atoms with van der Waals surface area (Å²) in [5.41, 5.74) is 1.02. The average molecular weight is 414 g/mol. The minimum atomic E-state index is -1.69. The standard InChI is InChI=1S/C21H14F4N4O/c1-10-13(9-29(2)28-10)17-7-12(11-5-3-4-6-16(11)26-17)21(30)27-20-18(24)14(22)8-15(23)19(20)25/h3-9H,1-2H3,(H,27,30). The van der Waals surface area contributed by atoms with Crippen molar-refractivity contribution in [2.24, 2.45) is 7.05 Å². The van der Waals surface area contributed by atoms with Gasteiger partial charge in [0, 0.05) is 30.3 Å². The highest BCUT2D eigenvalue weighted by atomic mass is 19.2. The number of pyridine rings is 1. The largest absolute Gasteiger partial charge is 0.317 e. The van der Waals surface area contributed by atoms with E-state index >= 15 is 0 Å². The molecule has 0 radical (unpaired) electrons. The first-order chi connectivity index (χ1) is 14.3. The maximum absolute atomic E-state index is 14.0. The number of halogens is 4. The first kappa shape index (κ1) is 19.6. The SMILES string of the molecule is Cc1nn(C)cc1-c1cc(C(=O)Nc2c(F)c(F)cc(F)c2F)c2ccccc2n1.